The normalized spacial score (nSPS) is 14.7. The zero-order valence-corrected chi connectivity index (χ0v) is 10.7. The third kappa shape index (κ3) is 3.88. The van der Waals surface area contributed by atoms with Gasteiger partial charge in [0.15, 0.2) is 0 Å². The molecule has 1 aromatic rings. The lowest BCUT2D eigenvalue weighted by atomic mass is 9.85. The first-order valence-corrected chi connectivity index (χ1v) is 6.44. The number of aromatic hydroxyl groups is 1. The molecule has 0 aromatic heterocycles. The zero-order chi connectivity index (χ0) is 12.0. The lowest BCUT2D eigenvalue weighted by Crippen LogP contribution is -2.06. The van der Waals surface area contributed by atoms with Gasteiger partial charge in [-0.15, -0.1) is 0 Å². The van der Waals surface area contributed by atoms with E-state index in [4.69, 9.17) is 0 Å². The fraction of sp³-hybridized carbons (Fsp3) is 0.600. The Balaban J connectivity index is 2.52. The first-order valence-electron chi connectivity index (χ1n) is 6.44. The van der Waals surface area contributed by atoms with Gasteiger partial charge in [-0.2, -0.15) is 0 Å². The minimum atomic E-state index is 0.380. The monoisotopic (exact) mass is 220 g/mol. The van der Waals surface area contributed by atoms with Crippen LogP contribution in [0.15, 0.2) is 24.3 Å². The molecule has 0 bridgehead atoms. The molecule has 16 heavy (non-hydrogen) atoms. The van der Waals surface area contributed by atoms with Gasteiger partial charge in [0, 0.05) is 0 Å². The molecule has 1 N–H and O–H groups in total. The number of phenols is 1. The molecule has 0 saturated carbocycles. The number of benzene rings is 1. The van der Waals surface area contributed by atoms with Gasteiger partial charge in [0.1, 0.15) is 5.75 Å². The van der Waals surface area contributed by atoms with Gasteiger partial charge in [-0.25, -0.2) is 0 Å². The van der Waals surface area contributed by atoms with Crippen molar-refractivity contribution in [3.05, 3.63) is 29.8 Å². The van der Waals surface area contributed by atoms with Gasteiger partial charge in [-0.05, 0) is 29.5 Å². The predicted octanol–water partition coefficient (Wildman–Crippen LogP) is 4.71. The molecule has 2 unspecified atom stereocenters. The highest BCUT2D eigenvalue weighted by atomic mass is 16.3. The SMILES string of the molecule is CCCCCC(C)C(C)c1cccc(O)c1. The molecule has 0 amide bonds. The molecule has 0 radical (unpaired) electrons. The Morgan fingerprint density at radius 3 is 2.56 bits per heavy atom. The molecule has 0 saturated heterocycles. The summed E-state index contributed by atoms with van der Waals surface area (Å²) in [6, 6.07) is 7.67. The molecule has 1 nitrogen and oxygen atoms in total. The lowest BCUT2D eigenvalue weighted by Gasteiger charge is -2.20. The molecule has 0 aliphatic heterocycles. The van der Waals surface area contributed by atoms with Crippen LogP contribution >= 0.6 is 0 Å². The number of phenolic OH excluding ortho intramolecular Hbond substituents is 1. The second kappa shape index (κ2) is 6.57. The van der Waals surface area contributed by atoms with E-state index in [2.05, 4.69) is 26.8 Å². The van der Waals surface area contributed by atoms with Crippen molar-refractivity contribution in [2.75, 3.05) is 0 Å². The molecule has 0 spiro atoms. The first-order chi connectivity index (χ1) is 7.65. The Morgan fingerprint density at radius 2 is 1.94 bits per heavy atom. The lowest BCUT2D eigenvalue weighted by molar-refractivity contribution is 0.427. The Morgan fingerprint density at radius 1 is 1.19 bits per heavy atom. The van der Waals surface area contributed by atoms with Gasteiger partial charge >= 0.3 is 0 Å². The van der Waals surface area contributed by atoms with E-state index in [9.17, 15) is 5.11 Å². The highest BCUT2D eigenvalue weighted by molar-refractivity contribution is 5.29. The van der Waals surface area contributed by atoms with Gasteiger partial charge in [0.25, 0.3) is 0 Å². The summed E-state index contributed by atoms with van der Waals surface area (Å²) in [5.41, 5.74) is 1.25. The Hall–Kier alpha value is -0.980. The van der Waals surface area contributed by atoms with Crippen LogP contribution in [0.2, 0.25) is 0 Å². The summed E-state index contributed by atoms with van der Waals surface area (Å²) >= 11 is 0. The molecule has 0 fully saturated rings. The van der Waals surface area contributed by atoms with Crippen LogP contribution in [0.4, 0.5) is 0 Å². The molecule has 0 heterocycles. The molecule has 0 aliphatic rings. The van der Waals surface area contributed by atoms with E-state index in [1.807, 2.05) is 12.1 Å². The summed E-state index contributed by atoms with van der Waals surface area (Å²) < 4.78 is 0. The standard InChI is InChI=1S/C15H24O/c1-4-5-6-8-12(2)13(3)14-9-7-10-15(16)11-14/h7,9-13,16H,4-6,8H2,1-3H3. The summed E-state index contributed by atoms with van der Waals surface area (Å²) in [6.45, 7) is 6.80. The third-order valence-corrected chi connectivity index (χ3v) is 3.51. The van der Waals surface area contributed by atoms with Crippen LogP contribution in [0.3, 0.4) is 0 Å². The van der Waals surface area contributed by atoms with Crippen molar-refractivity contribution in [3.63, 3.8) is 0 Å². The molecular weight excluding hydrogens is 196 g/mol. The van der Waals surface area contributed by atoms with Gasteiger partial charge in [-0.3, -0.25) is 0 Å². The zero-order valence-electron chi connectivity index (χ0n) is 10.7. The minimum Gasteiger partial charge on any atom is -0.508 e. The number of hydrogen-bond donors (Lipinski definition) is 1. The Bertz CT molecular complexity index is 306. The largest absolute Gasteiger partial charge is 0.508 e. The molecule has 1 rings (SSSR count). The molecule has 90 valence electrons. The summed E-state index contributed by atoms with van der Waals surface area (Å²) in [7, 11) is 0. The van der Waals surface area contributed by atoms with Crippen molar-refractivity contribution in [2.24, 2.45) is 5.92 Å². The topological polar surface area (TPSA) is 20.2 Å². The quantitative estimate of drug-likeness (QED) is 0.688. The van der Waals surface area contributed by atoms with E-state index in [1.165, 1.54) is 31.2 Å². The van der Waals surface area contributed by atoms with Crippen LogP contribution in [0.25, 0.3) is 0 Å². The van der Waals surface area contributed by atoms with Crippen LogP contribution < -0.4 is 0 Å². The van der Waals surface area contributed by atoms with Crippen molar-refractivity contribution in [2.45, 2.75) is 52.4 Å². The maximum atomic E-state index is 9.46. The molecule has 0 aliphatic carbocycles. The molecule has 1 aromatic carbocycles. The summed E-state index contributed by atoms with van der Waals surface area (Å²) in [4.78, 5) is 0. The smallest absolute Gasteiger partial charge is 0.115 e. The Kier molecular flexibility index (Phi) is 5.37. The van der Waals surface area contributed by atoms with Gasteiger partial charge in [0.2, 0.25) is 0 Å². The molecule has 1 heteroatoms. The van der Waals surface area contributed by atoms with E-state index in [0.29, 0.717) is 17.6 Å². The van der Waals surface area contributed by atoms with Crippen LogP contribution in [-0.4, -0.2) is 5.11 Å². The van der Waals surface area contributed by atoms with Crippen molar-refractivity contribution in [3.8, 4) is 5.75 Å². The summed E-state index contributed by atoms with van der Waals surface area (Å²) in [5.74, 6) is 1.60. The average Bonchev–Trinajstić information content (AvgIpc) is 2.28. The minimum absolute atomic E-state index is 0.380. The second-order valence-electron chi connectivity index (χ2n) is 4.86. The first kappa shape index (κ1) is 13.1. The van der Waals surface area contributed by atoms with Gasteiger partial charge < -0.3 is 5.11 Å². The number of unbranched alkanes of at least 4 members (excludes halogenated alkanes) is 2. The third-order valence-electron chi connectivity index (χ3n) is 3.51. The average molecular weight is 220 g/mol. The maximum Gasteiger partial charge on any atom is 0.115 e. The van der Waals surface area contributed by atoms with Crippen LogP contribution in [0.1, 0.15) is 57.9 Å². The highest BCUT2D eigenvalue weighted by Gasteiger charge is 2.14. The van der Waals surface area contributed by atoms with Crippen LogP contribution in [0.5, 0.6) is 5.75 Å². The van der Waals surface area contributed by atoms with E-state index in [1.54, 1.807) is 6.07 Å². The summed E-state index contributed by atoms with van der Waals surface area (Å²) in [5, 5.41) is 9.46. The van der Waals surface area contributed by atoms with Crippen molar-refractivity contribution < 1.29 is 5.11 Å². The highest BCUT2D eigenvalue weighted by Crippen LogP contribution is 2.29. The van der Waals surface area contributed by atoms with Gasteiger partial charge in [0.05, 0.1) is 0 Å². The van der Waals surface area contributed by atoms with E-state index < -0.39 is 0 Å². The van der Waals surface area contributed by atoms with Crippen molar-refractivity contribution in [1.82, 2.24) is 0 Å². The number of hydrogen-bond acceptors (Lipinski definition) is 1. The van der Waals surface area contributed by atoms with Crippen molar-refractivity contribution >= 4 is 0 Å². The van der Waals surface area contributed by atoms with E-state index >= 15 is 0 Å². The molecule has 2 atom stereocenters. The number of rotatable bonds is 6. The predicted molar refractivity (Wildman–Crippen MR) is 69.8 cm³/mol. The van der Waals surface area contributed by atoms with Crippen LogP contribution in [0, 0.1) is 5.92 Å². The Labute approximate surface area is 99.5 Å². The van der Waals surface area contributed by atoms with Gasteiger partial charge in [-0.1, -0.05) is 58.6 Å². The fourth-order valence-electron chi connectivity index (χ4n) is 2.10. The second-order valence-corrected chi connectivity index (χ2v) is 4.86. The van der Waals surface area contributed by atoms with Crippen LogP contribution in [-0.2, 0) is 0 Å². The van der Waals surface area contributed by atoms with E-state index in [0.717, 1.165) is 0 Å². The maximum absolute atomic E-state index is 9.46. The summed E-state index contributed by atoms with van der Waals surface area (Å²) in [6.07, 6.45) is 5.22. The van der Waals surface area contributed by atoms with E-state index in [-0.39, 0.29) is 0 Å². The molecular formula is C15H24O. The van der Waals surface area contributed by atoms with Crippen molar-refractivity contribution in [1.29, 1.82) is 0 Å². The fourth-order valence-corrected chi connectivity index (χ4v) is 2.10.